The maximum atomic E-state index is 12.2. The molecule has 2 heterocycles. The number of ether oxygens (including phenoxy) is 2. The topological polar surface area (TPSA) is 96.4 Å². The molecule has 0 bridgehead atoms. The fourth-order valence-electron chi connectivity index (χ4n) is 2.53. The van der Waals surface area contributed by atoms with Crippen LogP contribution in [-0.2, 0) is 19.1 Å². The average Bonchev–Trinajstić information content (AvgIpc) is 2.97. The molecule has 0 aliphatic carbocycles. The first-order valence-electron chi connectivity index (χ1n) is 7.11. The summed E-state index contributed by atoms with van der Waals surface area (Å²) in [5, 5.41) is 8.86. The Morgan fingerprint density at radius 3 is 2.19 bits per heavy atom. The molecule has 2 rings (SSSR count). The van der Waals surface area contributed by atoms with Crippen molar-refractivity contribution in [2.45, 2.75) is 32.0 Å². The van der Waals surface area contributed by atoms with E-state index in [1.807, 2.05) is 0 Å². The Hall–Kier alpha value is -1.83. The molecule has 2 aliphatic rings. The molecule has 0 aromatic rings. The Morgan fingerprint density at radius 2 is 1.67 bits per heavy atom. The number of rotatable bonds is 3. The lowest BCUT2D eigenvalue weighted by atomic mass is 10.1. The summed E-state index contributed by atoms with van der Waals surface area (Å²) in [6.07, 6.45) is -1.16. The van der Waals surface area contributed by atoms with Crippen LogP contribution < -0.4 is 0 Å². The number of carbonyl (C=O) groups excluding carboxylic acids is 2. The van der Waals surface area contributed by atoms with Crippen molar-refractivity contribution in [1.82, 2.24) is 9.80 Å². The highest BCUT2D eigenvalue weighted by Gasteiger charge is 2.37. The van der Waals surface area contributed by atoms with Crippen LogP contribution in [0, 0.1) is 0 Å². The number of hydrogen-bond acceptors (Lipinski definition) is 5. The largest absolute Gasteiger partial charge is 0.479 e. The van der Waals surface area contributed by atoms with Crippen LogP contribution in [0.4, 0.5) is 4.79 Å². The lowest BCUT2D eigenvalue weighted by Gasteiger charge is -2.35. The number of carboxylic acid groups (broad SMARTS) is 1. The van der Waals surface area contributed by atoms with Gasteiger partial charge in [-0.25, -0.2) is 9.59 Å². The van der Waals surface area contributed by atoms with Crippen molar-refractivity contribution in [2.24, 2.45) is 0 Å². The third-order valence-corrected chi connectivity index (χ3v) is 3.69. The second kappa shape index (κ2) is 6.75. The van der Waals surface area contributed by atoms with Gasteiger partial charge in [0.25, 0.3) is 5.91 Å². The zero-order chi connectivity index (χ0) is 15.4. The van der Waals surface area contributed by atoms with Gasteiger partial charge in [-0.05, 0) is 19.8 Å². The minimum Gasteiger partial charge on any atom is -0.479 e. The van der Waals surface area contributed by atoms with Crippen LogP contribution in [0.3, 0.4) is 0 Å². The van der Waals surface area contributed by atoms with E-state index in [-0.39, 0.29) is 12.0 Å². The molecular formula is C13H20N2O6. The lowest BCUT2D eigenvalue weighted by Crippen LogP contribution is -2.53. The standard InChI is InChI=1S/C13H20N2O6/c1-2-20-13(19)15-7-5-14(6-8-15)11(16)9-3-4-10(21-9)12(17)18/h9-10H,2-8H2,1H3,(H,17,18)/t9-,10+/m0/s1. The van der Waals surface area contributed by atoms with Gasteiger partial charge in [0, 0.05) is 26.2 Å². The monoisotopic (exact) mass is 300 g/mol. The molecule has 0 unspecified atom stereocenters. The molecule has 0 spiro atoms. The van der Waals surface area contributed by atoms with Crippen molar-refractivity contribution in [3.63, 3.8) is 0 Å². The summed E-state index contributed by atoms with van der Waals surface area (Å²) < 4.78 is 10.2. The molecule has 0 aromatic heterocycles. The molecule has 2 atom stereocenters. The number of nitrogens with zero attached hydrogens (tertiary/aromatic N) is 2. The van der Waals surface area contributed by atoms with Crippen LogP contribution >= 0.6 is 0 Å². The predicted molar refractivity (Wildman–Crippen MR) is 70.7 cm³/mol. The predicted octanol–water partition coefficient (Wildman–Crippen LogP) is -0.0807. The molecule has 2 fully saturated rings. The summed E-state index contributed by atoms with van der Waals surface area (Å²) in [5.41, 5.74) is 0. The second-order valence-corrected chi connectivity index (χ2v) is 5.04. The second-order valence-electron chi connectivity index (χ2n) is 5.04. The van der Waals surface area contributed by atoms with Gasteiger partial charge in [0.05, 0.1) is 6.61 Å². The van der Waals surface area contributed by atoms with E-state index in [1.54, 1.807) is 16.7 Å². The van der Waals surface area contributed by atoms with Crippen molar-refractivity contribution >= 4 is 18.0 Å². The molecule has 21 heavy (non-hydrogen) atoms. The van der Waals surface area contributed by atoms with Crippen LogP contribution in [0.2, 0.25) is 0 Å². The fraction of sp³-hybridized carbons (Fsp3) is 0.769. The minimum absolute atomic E-state index is 0.192. The van der Waals surface area contributed by atoms with Crippen molar-refractivity contribution in [3.05, 3.63) is 0 Å². The molecule has 0 aromatic carbocycles. The quantitative estimate of drug-likeness (QED) is 0.783. The average molecular weight is 300 g/mol. The van der Waals surface area contributed by atoms with Crippen molar-refractivity contribution in [3.8, 4) is 0 Å². The smallest absolute Gasteiger partial charge is 0.409 e. The van der Waals surface area contributed by atoms with Gasteiger partial charge in [-0.1, -0.05) is 0 Å². The van der Waals surface area contributed by atoms with Gasteiger partial charge in [0.1, 0.15) is 6.10 Å². The third kappa shape index (κ3) is 3.63. The Balaban J connectivity index is 1.81. The Morgan fingerprint density at radius 1 is 1.10 bits per heavy atom. The Bertz CT molecular complexity index is 419. The molecule has 118 valence electrons. The SMILES string of the molecule is CCOC(=O)N1CCN(C(=O)[C@@H]2CC[C@H](C(=O)O)O2)CC1. The third-order valence-electron chi connectivity index (χ3n) is 3.69. The van der Waals surface area contributed by atoms with E-state index in [2.05, 4.69) is 0 Å². The van der Waals surface area contributed by atoms with Crippen molar-refractivity contribution in [2.75, 3.05) is 32.8 Å². The molecule has 2 saturated heterocycles. The first kappa shape index (κ1) is 15.6. The van der Waals surface area contributed by atoms with E-state index in [0.29, 0.717) is 45.6 Å². The maximum absolute atomic E-state index is 12.2. The summed E-state index contributed by atoms with van der Waals surface area (Å²) in [5.74, 6) is -1.22. The Kier molecular flexibility index (Phi) is 5.00. The molecule has 8 nitrogen and oxygen atoms in total. The van der Waals surface area contributed by atoms with Gasteiger partial charge >= 0.3 is 12.1 Å². The Labute approximate surface area is 122 Å². The van der Waals surface area contributed by atoms with E-state index in [9.17, 15) is 14.4 Å². The highest BCUT2D eigenvalue weighted by molar-refractivity contribution is 5.83. The number of carbonyl (C=O) groups is 3. The summed E-state index contributed by atoms with van der Waals surface area (Å²) in [4.78, 5) is 37.8. The van der Waals surface area contributed by atoms with Crippen LogP contribution in [0.15, 0.2) is 0 Å². The van der Waals surface area contributed by atoms with Gasteiger partial charge in [-0.2, -0.15) is 0 Å². The van der Waals surface area contributed by atoms with Crippen LogP contribution in [-0.4, -0.2) is 77.9 Å². The number of aliphatic carboxylic acids is 1. The first-order valence-corrected chi connectivity index (χ1v) is 7.11. The van der Waals surface area contributed by atoms with Crippen LogP contribution in [0.5, 0.6) is 0 Å². The maximum Gasteiger partial charge on any atom is 0.409 e. The van der Waals surface area contributed by atoms with E-state index >= 15 is 0 Å². The molecule has 2 aliphatic heterocycles. The van der Waals surface area contributed by atoms with Gasteiger partial charge in [0.2, 0.25) is 0 Å². The summed E-state index contributed by atoms with van der Waals surface area (Å²) >= 11 is 0. The summed E-state index contributed by atoms with van der Waals surface area (Å²) in [6, 6.07) is 0. The van der Waals surface area contributed by atoms with Gasteiger partial charge in [-0.15, -0.1) is 0 Å². The zero-order valence-electron chi connectivity index (χ0n) is 12.0. The summed E-state index contributed by atoms with van der Waals surface area (Å²) in [7, 11) is 0. The number of carboxylic acids is 1. The van der Waals surface area contributed by atoms with E-state index in [0.717, 1.165) is 0 Å². The molecule has 0 saturated carbocycles. The minimum atomic E-state index is -1.03. The van der Waals surface area contributed by atoms with Crippen molar-refractivity contribution in [1.29, 1.82) is 0 Å². The number of piperazine rings is 1. The molecule has 1 N–H and O–H groups in total. The van der Waals surface area contributed by atoms with Crippen LogP contribution in [0.1, 0.15) is 19.8 Å². The lowest BCUT2D eigenvalue weighted by molar-refractivity contribution is -0.155. The molecule has 0 radical (unpaired) electrons. The van der Waals surface area contributed by atoms with Gasteiger partial charge < -0.3 is 24.4 Å². The normalized spacial score (nSPS) is 25.8. The fourth-order valence-corrected chi connectivity index (χ4v) is 2.53. The van der Waals surface area contributed by atoms with Gasteiger partial charge in [-0.3, -0.25) is 4.79 Å². The summed E-state index contributed by atoms with van der Waals surface area (Å²) in [6.45, 7) is 3.72. The van der Waals surface area contributed by atoms with Gasteiger partial charge in [0.15, 0.2) is 6.10 Å². The molecular weight excluding hydrogens is 280 g/mol. The first-order chi connectivity index (χ1) is 10.0. The molecule has 8 heteroatoms. The van der Waals surface area contributed by atoms with E-state index < -0.39 is 18.2 Å². The van der Waals surface area contributed by atoms with Crippen molar-refractivity contribution < 1.29 is 29.0 Å². The van der Waals surface area contributed by atoms with E-state index in [4.69, 9.17) is 14.6 Å². The number of hydrogen-bond donors (Lipinski definition) is 1. The number of amides is 2. The highest BCUT2D eigenvalue weighted by Crippen LogP contribution is 2.22. The van der Waals surface area contributed by atoms with E-state index in [1.165, 1.54) is 0 Å². The zero-order valence-corrected chi connectivity index (χ0v) is 12.0. The highest BCUT2D eigenvalue weighted by atomic mass is 16.6. The van der Waals surface area contributed by atoms with Crippen LogP contribution in [0.25, 0.3) is 0 Å². The molecule has 2 amide bonds.